The second kappa shape index (κ2) is 16.8. The predicted molar refractivity (Wildman–Crippen MR) is 251 cm³/mol. The van der Waals surface area contributed by atoms with Crippen LogP contribution in [-0.4, -0.2) is 19.5 Å². The summed E-state index contributed by atoms with van der Waals surface area (Å²) >= 11 is 0. The van der Waals surface area contributed by atoms with E-state index in [2.05, 4.69) is 24.3 Å². The van der Waals surface area contributed by atoms with Crippen molar-refractivity contribution in [1.82, 2.24) is 19.5 Å². The third-order valence-electron chi connectivity index (χ3n) is 11.6. The molecule has 11 heteroatoms. The van der Waals surface area contributed by atoms with Gasteiger partial charge in [0.15, 0.2) is 17.5 Å². The number of rotatable bonds is 7. The first-order valence-electron chi connectivity index (χ1n) is 20.8. The molecule has 2 aromatic heterocycles. The number of halogens is 3. The highest BCUT2D eigenvalue weighted by Crippen LogP contribution is 2.43. The van der Waals surface area contributed by atoms with Crippen LogP contribution in [0.5, 0.6) is 0 Å². The van der Waals surface area contributed by atoms with Crippen molar-refractivity contribution in [2.24, 2.45) is 0 Å². The number of benzene rings is 8. The molecule has 10 rings (SSSR count). The van der Waals surface area contributed by atoms with Crippen molar-refractivity contribution in [1.29, 1.82) is 21.0 Å². The molecule has 0 aliphatic rings. The number of nitrogens with zero attached hydrogens (tertiary/aromatic N) is 8. The zero-order chi connectivity index (χ0) is 46.2. The molecule has 0 unspecified atom stereocenters. The topological polar surface area (TPSA) is 139 Å². The number of hydrogen-bond donors (Lipinski definition) is 0. The Hall–Kier alpha value is -9.68. The fraction of sp³-hybridized carbons (Fsp3) is 0.0179. The van der Waals surface area contributed by atoms with Crippen molar-refractivity contribution in [3.63, 3.8) is 0 Å². The van der Waals surface area contributed by atoms with Gasteiger partial charge in [-0.15, -0.1) is 0 Å². The summed E-state index contributed by atoms with van der Waals surface area (Å²) in [5, 5.41) is 41.0. The molecule has 0 spiro atoms. The second-order valence-corrected chi connectivity index (χ2v) is 15.6. The highest BCUT2D eigenvalue weighted by atomic mass is 19.4. The molecule has 0 aliphatic carbocycles. The van der Waals surface area contributed by atoms with Gasteiger partial charge in [-0.3, -0.25) is 0 Å². The van der Waals surface area contributed by atoms with E-state index in [0.717, 1.165) is 34.0 Å². The fourth-order valence-corrected chi connectivity index (χ4v) is 8.43. The lowest BCUT2D eigenvalue weighted by Crippen LogP contribution is -2.05. The van der Waals surface area contributed by atoms with Crippen molar-refractivity contribution >= 4 is 21.8 Å². The van der Waals surface area contributed by atoms with E-state index in [1.165, 1.54) is 18.2 Å². The van der Waals surface area contributed by atoms with Crippen molar-refractivity contribution in [2.75, 3.05) is 0 Å². The molecule has 0 bridgehead atoms. The van der Waals surface area contributed by atoms with Gasteiger partial charge in [0.25, 0.3) is 0 Å². The molecule has 0 amide bonds. The minimum absolute atomic E-state index is 0.306. The summed E-state index contributed by atoms with van der Waals surface area (Å²) in [5.74, 6) is 1.21. The Morgan fingerprint density at radius 2 is 0.836 bits per heavy atom. The average molecular weight is 871 g/mol. The van der Waals surface area contributed by atoms with Gasteiger partial charge in [-0.25, -0.2) is 15.0 Å². The Kier molecular flexibility index (Phi) is 10.4. The lowest BCUT2D eigenvalue weighted by molar-refractivity contribution is -0.137. The van der Waals surface area contributed by atoms with Gasteiger partial charge < -0.3 is 4.57 Å². The lowest BCUT2D eigenvalue weighted by Gasteiger charge is -2.17. The van der Waals surface area contributed by atoms with Gasteiger partial charge in [0.05, 0.1) is 68.8 Å². The number of nitriles is 4. The molecule has 8 aromatic carbocycles. The van der Waals surface area contributed by atoms with Crippen LogP contribution in [0.2, 0.25) is 0 Å². The highest BCUT2D eigenvalue weighted by molar-refractivity contribution is 6.12. The van der Waals surface area contributed by atoms with E-state index in [-0.39, 0.29) is 0 Å². The summed E-state index contributed by atoms with van der Waals surface area (Å²) in [6.07, 6.45) is -4.61. The van der Waals surface area contributed by atoms with E-state index in [4.69, 9.17) is 15.0 Å². The lowest BCUT2D eigenvalue weighted by atomic mass is 9.95. The summed E-state index contributed by atoms with van der Waals surface area (Å²) < 4.78 is 45.1. The Morgan fingerprint density at radius 1 is 0.388 bits per heavy atom. The van der Waals surface area contributed by atoms with Gasteiger partial charge in [-0.1, -0.05) is 109 Å². The molecule has 0 fully saturated rings. The summed E-state index contributed by atoms with van der Waals surface area (Å²) in [6.45, 7) is 0. The molecule has 0 atom stereocenters. The first-order valence-corrected chi connectivity index (χ1v) is 20.8. The Bertz CT molecular complexity index is 3600. The van der Waals surface area contributed by atoms with Gasteiger partial charge in [-0.05, 0) is 94.5 Å². The molecule has 67 heavy (non-hydrogen) atoms. The molecule has 8 nitrogen and oxygen atoms in total. The standard InChI is InChI=1S/C56H29F3N8/c57-56(58,59)44-13-7-12-38(26-44)47-21-16-41(55-65-53(36-8-3-1-4-9-36)64-54(66-55)37-10-5-2-6-11-37)29-52(47)67-50-22-17-39(45-19-14-34(30-60)24-42(45)32-62)27-48(50)49-28-40(18-23-51(49)67)46-20-15-35(31-61)25-43(46)33-63/h1-29H. The molecule has 0 saturated carbocycles. The first kappa shape index (κ1) is 41.3. The van der Waals surface area contributed by atoms with Crippen molar-refractivity contribution in [2.45, 2.75) is 6.18 Å². The van der Waals surface area contributed by atoms with E-state index in [1.807, 2.05) is 108 Å². The predicted octanol–water partition coefficient (Wildman–Crippen LogP) is 13.5. The summed E-state index contributed by atoms with van der Waals surface area (Å²) in [5.41, 5.74) is 7.85. The Morgan fingerprint density at radius 3 is 1.31 bits per heavy atom. The summed E-state index contributed by atoms with van der Waals surface area (Å²) in [6, 6.07) is 59.6. The molecule has 10 aromatic rings. The van der Waals surface area contributed by atoms with Crippen LogP contribution in [0.4, 0.5) is 13.2 Å². The third-order valence-corrected chi connectivity index (χ3v) is 11.6. The van der Waals surface area contributed by atoms with E-state index in [9.17, 15) is 34.2 Å². The molecule has 0 aliphatic heterocycles. The number of alkyl halides is 3. The average Bonchev–Trinajstić information content (AvgIpc) is 3.71. The number of hydrogen-bond acceptors (Lipinski definition) is 7. The van der Waals surface area contributed by atoms with Crippen molar-refractivity contribution in [3.8, 4) is 97.5 Å². The zero-order valence-electron chi connectivity index (χ0n) is 35.0. The third kappa shape index (κ3) is 7.66. The van der Waals surface area contributed by atoms with Gasteiger partial charge in [0, 0.05) is 33.0 Å². The number of fused-ring (bicyclic) bond motifs is 3. The molecule has 314 valence electrons. The van der Waals surface area contributed by atoms with E-state index in [1.54, 1.807) is 42.5 Å². The molecule has 0 radical (unpaired) electrons. The monoisotopic (exact) mass is 870 g/mol. The van der Waals surface area contributed by atoms with Crippen LogP contribution >= 0.6 is 0 Å². The van der Waals surface area contributed by atoms with Crippen LogP contribution in [-0.2, 0) is 6.18 Å². The largest absolute Gasteiger partial charge is 0.416 e. The summed E-state index contributed by atoms with van der Waals surface area (Å²) in [4.78, 5) is 14.8. The quantitative estimate of drug-likeness (QED) is 0.155. The van der Waals surface area contributed by atoms with Crippen LogP contribution in [0.15, 0.2) is 176 Å². The van der Waals surface area contributed by atoms with Crippen LogP contribution in [0.3, 0.4) is 0 Å². The highest BCUT2D eigenvalue weighted by Gasteiger charge is 2.31. The van der Waals surface area contributed by atoms with Crippen molar-refractivity contribution < 1.29 is 13.2 Å². The first-order chi connectivity index (χ1) is 32.6. The van der Waals surface area contributed by atoms with E-state index < -0.39 is 11.7 Å². The maximum Gasteiger partial charge on any atom is 0.416 e. The molecular formula is C56H29F3N8. The molecular weight excluding hydrogens is 842 g/mol. The van der Waals surface area contributed by atoms with E-state index >= 15 is 0 Å². The fourth-order valence-electron chi connectivity index (χ4n) is 8.43. The Labute approximate surface area is 381 Å². The molecule has 0 N–H and O–H groups in total. The SMILES string of the molecule is N#Cc1ccc(-c2ccc3c(c2)c2cc(-c4ccc(C#N)cc4C#N)ccc2n3-c2cc(-c3nc(-c4ccccc4)nc(-c4ccccc4)n3)ccc2-c2cccc(C(F)(F)F)c2)c(C#N)c1. The van der Waals surface area contributed by atoms with Crippen LogP contribution in [0.1, 0.15) is 27.8 Å². The maximum atomic E-state index is 14.4. The van der Waals surface area contributed by atoms with Gasteiger partial charge in [0.2, 0.25) is 0 Å². The number of aromatic nitrogens is 4. The van der Waals surface area contributed by atoms with Gasteiger partial charge in [0.1, 0.15) is 0 Å². The van der Waals surface area contributed by atoms with Crippen LogP contribution in [0.25, 0.3) is 95.0 Å². The van der Waals surface area contributed by atoms with Crippen molar-refractivity contribution in [3.05, 3.63) is 204 Å². The van der Waals surface area contributed by atoms with Gasteiger partial charge in [-0.2, -0.15) is 34.2 Å². The van der Waals surface area contributed by atoms with Crippen LogP contribution < -0.4 is 0 Å². The Balaban J connectivity index is 1.28. The smallest absolute Gasteiger partial charge is 0.309 e. The second-order valence-electron chi connectivity index (χ2n) is 15.6. The van der Waals surface area contributed by atoms with Crippen LogP contribution in [0, 0.1) is 45.3 Å². The minimum Gasteiger partial charge on any atom is -0.309 e. The minimum atomic E-state index is -4.61. The van der Waals surface area contributed by atoms with E-state index in [0.29, 0.717) is 95.4 Å². The molecule has 0 saturated heterocycles. The summed E-state index contributed by atoms with van der Waals surface area (Å²) in [7, 11) is 0. The molecule has 2 heterocycles. The zero-order valence-corrected chi connectivity index (χ0v) is 35.0. The van der Waals surface area contributed by atoms with Gasteiger partial charge >= 0.3 is 6.18 Å². The normalized spacial score (nSPS) is 11.1. The maximum absolute atomic E-state index is 14.4.